The molecule has 4 heterocycles. The summed E-state index contributed by atoms with van der Waals surface area (Å²) >= 11 is 0. The van der Waals surface area contributed by atoms with E-state index in [0.29, 0.717) is 60.0 Å². The van der Waals surface area contributed by atoms with Crippen LogP contribution in [0.4, 0.5) is 9.59 Å². The summed E-state index contributed by atoms with van der Waals surface area (Å²) in [6, 6.07) is 31.0. The number of carbonyl (C=O) groups excluding carboxylic acids is 5. The smallest absolute Gasteiger partial charge is 0.407 e. The van der Waals surface area contributed by atoms with Crippen LogP contribution in [0, 0.1) is 0 Å². The molecule has 0 spiro atoms. The Morgan fingerprint density at radius 3 is 1.57 bits per heavy atom. The lowest BCUT2D eigenvalue weighted by Gasteiger charge is -2.28. The lowest BCUT2D eigenvalue weighted by molar-refractivity contribution is -0.135. The lowest BCUT2D eigenvalue weighted by atomic mass is 10.0. The second kappa shape index (κ2) is 18.5. The number of aromatic amines is 2. The van der Waals surface area contributed by atoms with Gasteiger partial charge < -0.3 is 45.6 Å². The van der Waals surface area contributed by atoms with E-state index in [1.807, 2.05) is 72.8 Å². The van der Waals surface area contributed by atoms with Gasteiger partial charge in [-0.05, 0) is 53.5 Å². The minimum Gasteiger partial charge on any atom is -0.453 e. The highest BCUT2D eigenvalue weighted by Gasteiger charge is 2.39. The fourth-order valence-electron chi connectivity index (χ4n) is 8.43. The molecule has 63 heavy (non-hydrogen) atoms. The predicted octanol–water partition coefficient (Wildman–Crippen LogP) is 6.75. The number of nitrogens with zero attached hydrogens (tertiary/aromatic N) is 4. The Hall–Kier alpha value is -7.75. The number of amides is 5. The number of aromatic nitrogens is 4. The normalized spacial score (nSPS) is 16.9. The zero-order chi connectivity index (χ0) is 44.0. The van der Waals surface area contributed by atoms with Gasteiger partial charge in [0, 0.05) is 18.7 Å². The number of hydrogen-bond donors (Lipinski definition) is 5. The number of ether oxygens (including phenoxy) is 2. The minimum absolute atomic E-state index is 0.131. The molecule has 2 fully saturated rings. The molecule has 0 saturated carbocycles. The second-order valence-corrected chi connectivity index (χ2v) is 15.4. The van der Waals surface area contributed by atoms with Crippen LogP contribution in [0.3, 0.4) is 0 Å². The van der Waals surface area contributed by atoms with Crippen LogP contribution in [0.1, 0.15) is 83.1 Å². The minimum atomic E-state index is -0.985. The summed E-state index contributed by atoms with van der Waals surface area (Å²) in [6.07, 6.45) is 3.14. The number of nitrogens with two attached hydrogens (primary N) is 1. The van der Waals surface area contributed by atoms with Gasteiger partial charge in [-0.1, -0.05) is 109 Å². The number of carbonyl (C=O) groups is 5. The van der Waals surface area contributed by atoms with E-state index in [9.17, 15) is 24.0 Å². The third-order valence-corrected chi connectivity index (χ3v) is 11.6. The van der Waals surface area contributed by atoms with E-state index in [4.69, 9.17) is 20.2 Å². The van der Waals surface area contributed by atoms with E-state index < -0.39 is 36.2 Å². The molecule has 0 bridgehead atoms. The first-order valence-corrected chi connectivity index (χ1v) is 20.7. The van der Waals surface area contributed by atoms with Gasteiger partial charge in [-0.3, -0.25) is 14.4 Å². The van der Waals surface area contributed by atoms with Gasteiger partial charge in [-0.15, -0.1) is 0 Å². The van der Waals surface area contributed by atoms with Crippen LogP contribution in [0.15, 0.2) is 115 Å². The Kier molecular flexibility index (Phi) is 12.3. The average Bonchev–Trinajstić information content (AvgIpc) is 4.17. The Morgan fingerprint density at radius 1 is 0.635 bits per heavy atom. The van der Waals surface area contributed by atoms with Crippen LogP contribution in [0.5, 0.6) is 0 Å². The van der Waals surface area contributed by atoms with Gasteiger partial charge in [-0.25, -0.2) is 19.6 Å². The number of hydrogen-bond acceptors (Lipinski definition) is 9. The summed E-state index contributed by atoms with van der Waals surface area (Å²) in [5.74, 6) is -0.161. The number of rotatable bonds is 12. The van der Waals surface area contributed by atoms with Crippen LogP contribution in [-0.2, 0) is 19.1 Å². The van der Waals surface area contributed by atoms with Crippen LogP contribution < -0.4 is 16.4 Å². The Morgan fingerprint density at radius 2 is 1.10 bits per heavy atom. The summed E-state index contributed by atoms with van der Waals surface area (Å²) in [5, 5.41) is 5.36. The third kappa shape index (κ3) is 8.87. The quantitative estimate of drug-likeness (QED) is 0.0878. The van der Waals surface area contributed by atoms with Crippen molar-refractivity contribution in [2.45, 2.75) is 49.9 Å². The summed E-state index contributed by atoms with van der Waals surface area (Å²) in [5.41, 5.74) is 11.9. The van der Waals surface area contributed by atoms with E-state index in [1.165, 1.54) is 14.2 Å². The third-order valence-electron chi connectivity index (χ3n) is 11.6. The average molecular weight is 850 g/mol. The molecule has 6 N–H and O–H groups in total. The molecular formula is C47H47N9O7. The fraction of sp³-hybridized carbons (Fsp3) is 0.255. The fourth-order valence-corrected chi connectivity index (χ4v) is 8.43. The number of benzene rings is 4. The van der Waals surface area contributed by atoms with E-state index >= 15 is 0 Å². The lowest BCUT2D eigenvalue weighted by Crippen LogP contribution is -2.42. The van der Waals surface area contributed by atoms with Gasteiger partial charge in [0.2, 0.25) is 0 Å². The van der Waals surface area contributed by atoms with E-state index in [0.717, 1.165) is 35.2 Å². The summed E-state index contributed by atoms with van der Waals surface area (Å²) in [4.78, 5) is 84.7. The molecule has 0 unspecified atom stereocenters. The van der Waals surface area contributed by atoms with Crippen molar-refractivity contribution in [1.29, 1.82) is 0 Å². The van der Waals surface area contributed by atoms with Crippen LogP contribution >= 0.6 is 0 Å². The molecule has 16 heteroatoms. The van der Waals surface area contributed by atoms with Crippen LogP contribution in [0.2, 0.25) is 0 Å². The van der Waals surface area contributed by atoms with Crippen LogP contribution in [-0.4, -0.2) is 87.0 Å². The summed E-state index contributed by atoms with van der Waals surface area (Å²) < 4.78 is 9.64. The van der Waals surface area contributed by atoms with Crippen molar-refractivity contribution in [3.8, 4) is 33.6 Å². The monoisotopic (exact) mass is 849 g/mol. The summed E-state index contributed by atoms with van der Waals surface area (Å²) in [6.45, 7) is 0.956. The maximum absolute atomic E-state index is 14.0. The van der Waals surface area contributed by atoms with Gasteiger partial charge in [-0.2, -0.15) is 0 Å². The molecule has 5 amide bonds. The topological polar surface area (TPSA) is 218 Å². The predicted molar refractivity (Wildman–Crippen MR) is 232 cm³/mol. The Labute approximate surface area is 363 Å². The number of alkyl carbamates (subject to hydrolysis) is 2. The standard InChI is InChI=1S/C47H47N9O7/c1-62-46(60)53-38(31-11-5-3-6-12-31)44(58)55-25-9-15-35(55)42-49-27-34(50-42)30-21-17-28(18-22-30)29-19-23-33(24-20-29)37-40(41(48)57)52-43(51-37)36-16-10-26-56(36)45(59)39(54-47(61)63-2)32-13-7-4-8-14-32/h3-8,11-14,17-24,27,35-36,38-39H,9-10,15-16,25-26H2,1-2H3,(H2,48,57)(H,49,50)(H,51,52)(H,53,60)(H,54,61)/t35-,36-,38+,39+/m0/s1. The molecule has 2 saturated heterocycles. The van der Waals surface area contributed by atoms with Gasteiger partial charge in [0.15, 0.2) is 0 Å². The van der Waals surface area contributed by atoms with Crippen molar-refractivity contribution in [1.82, 2.24) is 40.4 Å². The Balaban J connectivity index is 0.970. The van der Waals surface area contributed by atoms with E-state index in [-0.39, 0.29) is 23.6 Å². The largest absolute Gasteiger partial charge is 0.453 e. The van der Waals surface area contributed by atoms with Crippen molar-refractivity contribution in [3.63, 3.8) is 0 Å². The number of H-pyrrole nitrogens is 2. The zero-order valence-electron chi connectivity index (χ0n) is 34.7. The molecule has 2 aliphatic heterocycles. The van der Waals surface area contributed by atoms with Gasteiger partial charge >= 0.3 is 12.2 Å². The first-order valence-electron chi connectivity index (χ1n) is 20.7. The van der Waals surface area contributed by atoms with Crippen molar-refractivity contribution < 1.29 is 33.4 Å². The van der Waals surface area contributed by atoms with Gasteiger partial charge in [0.25, 0.3) is 17.7 Å². The highest BCUT2D eigenvalue weighted by atomic mass is 16.5. The molecule has 2 aromatic heterocycles. The molecule has 0 radical (unpaired) electrons. The van der Waals surface area contributed by atoms with Crippen molar-refractivity contribution in [3.05, 3.63) is 144 Å². The number of nitrogens with one attached hydrogen (secondary N) is 4. The molecule has 16 nitrogen and oxygen atoms in total. The summed E-state index contributed by atoms with van der Waals surface area (Å²) in [7, 11) is 2.51. The maximum atomic E-state index is 14.0. The molecule has 0 aliphatic carbocycles. The van der Waals surface area contributed by atoms with Gasteiger partial charge in [0.05, 0.1) is 38.2 Å². The second-order valence-electron chi connectivity index (χ2n) is 15.4. The van der Waals surface area contributed by atoms with Crippen molar-refractivity contribution >= 4 is 29.9 Å². The highest BCUT2D eigenvalue weighted by Crippen LogP contribution is 2.37. The highest BCUT2D eigenvalue weighted by molar-refractivity contribution is 5.97. The van der Waals surface area contributed by atoms with Gasteiger partial charge in [0.1, 0.15) is 35.1 Å². The first kappa shape index (κ1) is 42.0. The molecule has 8 rings (SSSR count). The molecule has 4 aromatic carbocycles. The van der Waals surface area contributed by atoms with Crippen LogP contribution in [0.25, 0.3) is 33.6 Å². The number of methoxy groups -OCH3 is 2. The van der Waals surface area contributed by atoms with E-state index in [1.54, 1.807) is 52.4 Å². The number of imidazole rings is 2. The maximum Gasteiger partial charge on any atom is 0.407 e. The number of likely N-dealkylation sites (tertiary alicyclic amines) is 2. The Bertz CT molecular complexity index is 2600. The van der Waals surface area contributed by atoms with Crippen molar-refractivity contribution in [2.24, 2.45) is 5.73 Å². The first-order chi connectivity index (χ1) is 30.6. The molecule has 322 valence electrons. The van der Waals surface area contributed by atoms with E-state index in [2.05, 4.69) is 25.6 Å². The SMILES string of the molecule is COC(=O)N[C@@H](C(=O)N1CCC[C@H]1c1ncc(-c2ccc(-c3ccc(-c4nc([C@@H]5CCCN5C(=O)[C@H](NC(=O)OC)c5ccccc5)[nH]c4C(N)=O)cc3)cc2)[nH]1)c1ccccc1. The van der Waals surface area contributed by atoms with Crippen molar-refractivity contribution in [2.75, 3.05) is 27.3 Å². The number of primary amides is 1. The molecule has 6 aromatic rings. The zero-order valence-corrected chi connectivity index (χ0v) is 34.7. The molecule has 2 aliphatic rings. The molecular weight excluding hydrogens is 803 g/mol. The molecule has 4 atom stereocenters.